The Labute approximate surface area is 125 Å². The van der Waals surface area contributed by atoms with Crippen LogP contribution in [-0.2, 0) is 9.53 Å². The molecule has 0 radical (unpaired) electrons. The Morgan fingerprint density at radius 2 is 2.10 bits per heavy atom. The summed E-state index contributed by atoms with van der Waals surface area (Å²) in [6, 6.07) is 7.35. The van der Waals surface area contributed by atoms with Crippen molar-refractivity contribution in [2.24, 2.45) is 0 Å². The van der Waals surface area contributed by atoms with Gasteiger partial charge in [0, 0.05) is 32.2 Å². The second-order valence-corrected chi connectivity index (χ2v) is 5.80. The van der Waals surface area contributed by atoms with Crippen LogP contribution in [0.2, 0.25) is 0 Å². The van der Waals surface area contributed by atoms with Gasteiger partial charge < -0.3 is 15.2 Å². The highest BCUT2D eigenvalue weighted by molar-refractivity contribution is 5.88. The van der Waals surface area contributed by atoms with Crippen molar-refractivity contribution in [1.29, 1.82) is 0 Å². The molecule has 0 aromatic heterocycles. The van der Waals surface area contributed by atoms with Gasteiger partial charge in [0.2, 0.25) is 5.91 Å². The Morgan fingerprint density at radius 1 is 1.43 bits per heavy atom. The number of nitrogens with zero attached hydrogens (tertiary/aromatic N) is 1. The molecule has 5 nitrogen and oxygen atoms in total. The lowest BCUT2D eigenvalue weighted by Gasteiger charge is -2.36. The van der Waals surface area contributed by atoms with E-state index >= 15 is 0 Å². The molecule has 116 valence electrons. The van der Waals surface area contributed by atoms with Crippen molar-refractivity contribution in [1.82, 2.24) is 4.90 Å². The zero-order valence-electron chi connectivity index (χ0n) is 12.9. The van der Waals surface area contributed by atoms with Gasteiger partial charge in [0.25, 0.3) is 0 Å². The number of carbonyl (C=O) groups excluding carboxylic acids is 1. The standard InChI is InChI=1S/C16H24N2O3/c1-11-8-18(9-12(2)21-11)10-16(20)14-5-4-6-15(7-14)17-13(3)19/h4-7,11-12,16,20H,8-10H2,1-3H3,(H,17,19). The van der Waals surface area contributed by atoms with E-state index in [2.05, 4.69) is 10.2 Å². The molecule has 0 spiro atoms. The molecule has 0 saturated carbocycles. The van der Waals surface area contributed by atoms with Crippen molar-refractivity contribution in [3.63, 3.8) is 0 Å². The van der Waals surface area contributed by atoms with Crippen LogP contribution >= 0.6 is 0 Å². The van der Waals surface area contributed by atoms with Gasteiger partial charge in [0.1, 0.15) is 0 Å². The number of rotatable bonds is 4. The minimum atomic E-state index is -0.573. The van der Waals surface area contributed by atoms with Crippen molar-refractivity contribution < 1.29 is 14.6 Å². The molecule has 0 bridgehead atoms. The molecular formula is C16H24N2O3. The Bertz CT molecular complexity index is 482. The first-order chi connectivity index (χ1) is 9.94. The van der Waals surface area contributed by atoms with Crippen molar-refractivity contribution in [3.05, 3.63) is 29.8 Å². The molecule has 3 atom stereocenters. The summed E-state index contributed by atoms with van der Waals surface area (Å²) in [6.45, 7) is 7.79. The number of hydrogen-bond donors (Lipinski definition) is 2. The molecule has 0 aliphatic carbocycles. The van der Waals surface area contributed by atoms with Crippen LogP contribution in [-0.4, -0.2) is 47.8 Å². The first-order valence-electron chi connectivity index (χ1n) is 7.37. The molecule has 1 saturated heterocycles. The van der Waals surface area contributed by atoms with Crippen LogP contribution < -0.4 is 5.32 Å². The number of nitrogens with one attached hydrogen (secondary N) is 1. The average molecular weight is 292 g/mol. The van der Waals surface area contributed by atoms with Gasteiger partial charge in [0.05, 0.1) is 18.3 Å². The smallest absolute Gasteiger partial charge is 0.221 e. The third-order valence-electron chi connectivity index (χ3n) is 3.52. The lowest BCUT2D eigenvalue weighted by molar-refractivity contribution is -0.114. The van der Waals surface area contributed by atoms with Crippen LogP contribution in [0.1, 0.15) is 32.4 Å². The predicted octanol–water partition coefficient (Wildman–Crippen LogP) is 1.79. The van der Waals surface area contributed by atoms with Gasteiger partial charge >= 0.3 is 0 Å². The fraction of sp³-hybridized carbons (Fsp3) is 0.562. The zero-order chi connectivity index (χ0) is 15.4. The summed E-state index contributed by atoms with van der Waals surface area (Å²) in [5.41, 5.74) is 1.52. The molecule has 21 heavy (non-hydrogen) atoms. The first kappa shape index (κ1) is 15.9. The van der Waals surface area contributed by atoms with E-state index in [1.807, 2.05) is 38.1 Å². The third kappa shape index (κ3) is 4.81. The van der Waals surface area contributed by atoms with Crippen molar-refractivity contribution in [2.75, 3.05) is 25.0 Å². The Morgan fingerprint density at radius 3 is 2.71 bits per heavy atom. The van der Waals surface area contributed by atoms with E-state index in [1.165, 1.54) is 6.92 Å². The van der Waals surface area contributed by atoms with E-state index in [0.717, 1.165) is 18.7 Å². The summed E-state index contributed by atoms with van der Waals surface area (Å²) in [5.74, 6) is -0.113. The highest BCUT2D eigenvalue weighted by Gasteiger charge is 2.24. The topological polar surface area (TPSA) is 61.8 Å². The van der Waals surface area contributed by atoms with Gasteiger partial charge in [0.15, 0.2) is 0 Å². The van der Waals surface area contributed by atoms with Crippen LogP contribution in [0.5, 0.6) is 0 Å². The van der Waals surface area contributed by atoms with Crippen LogP contribution in [0.15, 0.2) is 24.3 Å². The molecule has 1 fully saturated rings. The van der Waals surface area contributed by atoms with Crippen LogP contribution in [0, 0.1) is 0 Å². The third-order valence-corrected chi connectivity index (χ3v) is 3.52. The van der Waals surface area contributed by atoms with E-state index in [0.29, 0.717) is 12.2 Å². The number of aliphatic hydroxyl groups excluding tert-OH is 1. The monoisotopic (exact) mass is 292 g/mol. The quantitative estimate of drug-likeness (QED) is 0.888. The van der Waals surface area contributed by atoms with Gasteiger partial charge in [-0.05, 0) is 31.5 Å². The van der Waals surface area contributed by atoms with Crippen molar-refractivity contribution >= 4 is 11.6 Å². The number of anilines is 1. The molecule has 2 N–H and O–H groups in total. The average Bonchev–Trinajstić information content (AvgIpc) is 2.36. The Kier molecular flexibility index (Phi) is 5.33. The molecule has 2 rings (SSSR count). The molecule has 1 aliphatic heterocycles. The number of carbonyl (C=O) groups is 1. The first-order valence-corrected chi connectivity index (χ1v) is 7.37. The normalized spacial score (nSPS) is 24.6. The summed E-state index contributed by atoms with van der Waals surface area (Å²) < 4.78 is 5.70. The van der Waals surface area contributed by atoms with E-state index in [1.54, 1.807) is 0 Å². The highest BCUT2D eigenvalue weighted by atomic mass is 16.5. The molecular weight excluding hydrogens is 268 g/mol. The number of β-amino-alcohol motifs (C(OH)–C–C–N with tert-alkyl or cyclic N) is 1. The SMILES string of the molecule is CC(=O)Nc1cccc(C(O)CN2CC(C)OC(C)C2)c1. The van der Waals surface area contributed by atoms with Gasteiger partial charge in [-0.1, -0.05) is 12.1 Å². The van der Waals surface area contributed by atoms with Crippen LogP contribution in [0.25, 0.3) is 0 Å². The van der Waals surface area contributed by atoms with E-state index in [-0.39, 0.29) is 18.1 Å². The summed E-state index contributed by atoms with van der Waals surface area (Å²) in [6.07, 6.45) is -0.200. The molecule has 5 heteroatoms. The predicted molar refractivity (Wildman–Crippen MR) is 82.2 cm³/mol. The maximum atomic E-state index is 11.1. The number of aliphatic hydroxyl groups is 1. The summed E-state index contributed by atoms with van der Waals surface area (Å²) in [5, 5.41) is 13.1. The minimum Gasteiger partial charge on any atom is -0.387 e. The highest BCUT2D eigenvalue weighted by Crippen LogP contribution is 2.20. The molecule has 1 aromatic carbocycles. The lowest BCUT2D eigenvalue weighted by Crippen LogP contribution is -2.46. The second-order valence-electron chi connectivity index (χ2n) is 5.80. The van der Waals surface area contributed by atoms with Crippen LogP contribution in [0.3, 0.4) is 0 Å². The van der Waals surface area contributed by atoms with Gasteiger partial charge in [-0.15, -0.1) is 0 Å². The number of amides is 1. The minimum absolute atomic E-state index is 0.113. The maximum absolute atomic E-state index is 11.1. The van der Waals surface area contributed by atoms with Crippen molar-refractivity contribution in [2.45, 2.75) is 39.1 Å². The zero-order valence-corrected chi connectivity index (χ0v) is 12.9. The van der Waals surface area contributed by atoms with Gasteiger partial charge in [-0.3, -0.25) is 9.69 Å². The number of hydrogen-bond acceptors (Lipinski definition) is 4. The molecule has 1 aliphatic rings. The Hall–Kier alpha value is -1.43. The van der Waals surface area contributed by atoms with Crippen molar-refractivity contribution in [3.8, 4) is 0 Å². The van der Waals surface area contributed by atoms with E-state index in [4.69, 9.17) is 4.74 Å². The van der Waals surface area contributed by atoms with E-state index in [9.17, 15) is 9.90 Å². The number of ether oxygens (including phenoxy) is 1. The lowest BCUT2D eigenvalue weighted by atomic mass is 10.1. The molecule has 1 aromatic rings. The summed E-state index contributed by atoms with van der Waals surface area (Å²) in [7, 11) is 0. The number of benzene rings is 1. The molecule has 3 unspecified atom stereocenters. The fourth-order valence-corrected chi connectivity index (χ4v) is 2.81. The van der Waals surface area contributed by atoms with Gasteiger partial charge in [-0.25, -0.2) is 0 Å². The second kappa shape index (κ2) is 7.02. The van der Waals surface area contributed by atoms with Gasteiger partial charge in [-0.2, -0.15) is 0 Å². The Balaban J connectivity index is 1.99. The largest absolute Gasteiger partial charge is 0.387 e. The fourth-order valence-electron chi connectivity index (χ4n) is 2.81. The maximum Gasteiger partial charge on any atom is 0.221 e. The van der Waals surface area contributed by atoms with Crippen LogP contribution in [0.4, 0.5) is 5.69 Å². The molecule has 1 heterocycles. The summed E-state index contributed by atoms with van der Waals surface area (Å²) >= 11 is 0. The number of morpholine rings is 1. The molecule has 1 amide bonds. The summed E-state index contributed by atoms with van der Waals surface area (Å²) in [4.78, 5) is 13.3. The van der Waals surface area contributed by atoms with E-state index < -0.39 is 6.10 Å².